The molecule has 506 valence electrons. The topological polar surface area (TPSA) is 74.2 Å². The van der Waals surface area contributed by atoms with Gasteiger partial charge in [-0.05, 0) is 179 Å². The molecule has 0 atom stereocenters. The SMILES string of the molecule is N#Cc1ccc2c(c1)c1ccccc1n2-c1c(-c2ccccc2-c2ccccn2)cc(-c2ccc(-n3c4ccccc4c4cc(-c5ccc(-n6c7ccccc7c7ccccc76)cc5)ccc43)cc2)nc1-c1ccc(-n2c3ccccc3c3cc(-c4ccc(-n5c6ccccc6c6ccccc65)cc4)ccc32)cc1. The van der Waals surface area contributed by atoms with E-state index in [9.17, 15) is 5.26 Å². The highest BCUT2D eigenvalue weighted by molar-refractivity contribution is 6.15. The number of hydrogen-bond donors (Lipinski definition) is 0. The fraction of sp³-hybridized carbons (Fsp3) is 0. The van der Waals surface area contributed by atoms with Crippen molar-refractivity contribution in [1.82, 2.24) is 32.8 Å². The van der Waals surface area contributed by atoms with Gasteiger partial charge in [0, 0.05) is 105 Å². The van der Waals surface area contributed by atoms with Crippen LogP contribution in [0.25, 0.3) is 205 Å². The second-order valence-corrected chi connectivity index (χ2v) is 28.3. The first-order chi connectivity index (χ1) is 54.0. The minimum atomic E-state index is 0.596. The van der Waals surface area contributed by atoms with Crippen LogP contribution in [0.1, 0.15) is 5.56 Å². The van der Waals surface area contributed by atoms with E-state index in [1.54, 1.807) is 0 Å². The standard InChI is InChI=1S/C101H62N8/c102-63-64-36-55-99-84(59-64)81-25-9-16-35-96(81)109(99)101-87(75-19-1-2-20-76(75)88-28-17-18-58-103-88)62-89(67-41-51-73(52-42-67)107-94-33-14-7-26-82(94)85-60-69(45-56-97(85)107)65-37-47-71(48-38-65)105-90-29-10-3-21-77(90)78-22-4-11-30-91(78)105)104-100(101)68-43-53-74(54-44-68)108-95-34-15-8-27-83(95)86-61-70(46-57-98(86)108)66-39-49-72(50-40-66)106-92-31-12-5-23-79(92)80-24-6-13-32-93(80)106/h1-62H. The van der Waals surface area contributed by atoms with Crippen LogP contribution in [-0.2, 0) is 0 Å². The van der Waals surface area contributed by atoms with Crippen molar-refractivity contribution in [1.29, 1.82) is 5.26 Å². The van der Waals surface area contributed by atoms with Crippen LogP contribution in [0.5, 0.6) is 0 Å². The Morgan fingerprint density at radius 3 is 0.954 bits per heavy atom. The maximum atomic E-state index is 10.4. The minimum Gasteiger partial charge on any atom is -0.309 e. The average molecular weight is 1390 g/mol. The molecule has 0 saturated carbocycles. The molecule has 0 fully saturated rings. The summed E-state index contributed by atoms with van der Waals surface area (Å²) in [7, 11) is 0. The summed E-state index contributed by atoms with van der Waals surface area (Å²) in [5, 5.41) is 22.2. The molecule has 22 rings (SSSR count). The van der Waals surface area contributed by atoms with Crippen LogP contribution in [0.3, 0.4) is 0 Å². The number of nitriles is 1. The van der Waals surface area contributed by atoms with Crippen LogP contribution in [-0.4, -0.2) is 32.8 Å². The van der Waals surface area contributed by atoms with Gasteiger partial charge in [0.2, 0.25) is 0 Å². The summed E-state index contributed by atoms with van der Waals surface area (Å²) in [6.07, 6.45) is 1.87. The Morgan fingerprint density at radius 1 is 0.220 bits per heavy atom. The molecule has 0 aliphatic carbocycles. The van der Waals surface area contributed by atoms with Gasteiger partial charge in [-0.25, -0.2) is 4.98 Å². The fourth-order valence-corrected chi connectivity index (χ4v) is 17.5. The first kappa shape index (κ1) is 61.6. The van der Waals surface area contributed by atoms with Crippen molar-refractivity contribution in [2.45, 2.75) is 0 Å². The Kier molecular flexibility index (Phi) is 13.9. The third-order valence-electron chi connectivity index (χ3n) is 22.4. The molecule has 22 aromatic rings. The summed E-state index contributed by atoms with van der Waals surface area (Å²) < 4.78 is 11.9. The molecule has 0 aliphatic heterocycles. The van der Waals surface area contributed by atoms with E-state index >= 15 is 0 Å². The molecule has 8 heteroatoms. The third kappa shape index (κ3) is 9.71. The monoisotopic (exact) mass is 1390 g/mol. The van der Waals surface area contributed by atoms with E-state index in [0.717, 1.165) is 139 Å². The van der Waals surface area contributed by atoms with Gasteiger partial charge in [-0.1, -0.05) is 218 Å². The van der Waals surface area contributed by atoms with E-state index in [4.69, 9.17) is 9.97 Å². The van der Waals surface area contributed by atoms with Crippen molar-refractivity contribution in [3.63, 3.8) is 0 Å². The predicted octanol–water partition coefficient (Wildman–Crippen LogP) is 25.8. The number of nitrogens with zero attached hydrogens (tertiary/aromatic N) is 8. The van der Waals surface area contributed by atoms with Crippen LogP contribution in [0.4, 0.5) is 0 Å². The number of hydrogen-bond acceptors (Lipinski definition) is 3. The lowest BCUT2D eigenvalue weighted by Gasteiger charge is -2.22. The van der Waals surface area contributed by atoms with E-state index in [1.165, 1.54) is 65.2 Å². The predicted molar refractivity (Wildman–Crippen MR) is 451 cm³/mol. The van der Waals surface area contributed by atoms with Crippen LogP contribution < -0.4 is 0 Å². The van der Waals surface area contributed by atoms with E-state index in [0.29, 0.717) is 5.56 Å². The number of fused-ring (bicyclic) bond motifs is 15. The molecule has 109 heavy (non-hydrogen) atoms. The summed E-state index contributed by atoms with van der Waals surface area (Å²) in [5.74, 6) is 0. The lowest BCUT2D eigenvalue weighted by atomic mass is 9.92. The summed E-state index contributed by atoms with van der Waals surface area (Å²) >= 11 is 0. The van der Waals surface area contributed by atoms with Gasteiger partial charge in [0.25, 0.3) is 0 Å². The molecule has 0 amide bonds. The molecule has 15 aromatic carbocycles. The van der Waals surface area contributed by atoms with Gasteiger partial charge in [-0.2, -0.15) is 5.26 Å². The molecule has 0 aliphatic rings. The highest BCUT2D eigenvalue weighted by Gasteiger charge is 2.27. The highest BCUT2D eigenvalue weighted by atomic mass is 15.0. The van der Waals surface area contributed by atoms with E-state index in [1.807, 2.05) is 24.4 Å². The van der Waals surface area contributed by atoms with Gasteiger partial charge < -0.3 is 22.8 Å². The smallest absolute Gasteiger partial charge is 0.0991 e. The van der Waals surface area contributed by atoms with E-state index in [2.05, 4.69) is 381 Å². The van der Waals surface area contributed by atoms with Gasteiger partial charge in [-0.3, -0.25) is 4.98 Å². The zero-order chi connectivity index (χ0) is 71.8. The Labute approximate surface area is 626 Å². The molecule has 0 bridgehead atoms. The van der Waals surface area contributed by atoms with Crippen molar-refractivity contribution in [2.75, 3.05) is 0 Å². The van der Waals surface area contributed by atoms with Crippen molar-refractivity contribution in [3.05, 3.63) is 382 Å². The maximum absolute atomic E-state index is 10.4. The number of rotatable bonds is 11. The lowest BCUT2D eigenvalue weighted by molar-refractivity contribution is 1.14. The summed E-state index contributed by atoms with van der Waals surface area (Å²) in [5.41, 5.74) is 29.0. The third-order valence-corrected chi connectivity index (χ3v) is 22.4. The molecule has 0 N–H and O–H groups in total. The molecule has 0 radical (unpaired) electrons. The van der Waals surface area contributed by atoms with Crippen molar-refractivity contribution < 1.29 is 0 Å². The van der Waals surface area contributed by atoms with Crippen molar-refractivity contribution in [2.24, 2.45) is 0 Å². The van der Waals surface area contributed by atoms with Gasteiger partial charge >= 0.3 is 0 Å². The number of para-hydroxylation sites is 7. The minimum absolute atomic E-state index is 0.596. The lowest BCUT2D eigenvalue weighted by Crippen LogP contribution is -2.05. The Hall–Kier alpha value is -14.9. The largest absolute Gasteiger partial charge is 0.309 e. The van der Waals surface area contributed by atoms with Crippen molar-refractivity contribution >= 4 is 109 Å². The average Bonchev–Trinajstić information content (AvgIpc) is 1.65. The second-order valence-electron chi connectivity index (χ2n) is 28.3. The van der Waals surface area contributed by atoms with Crippen LogP contribution in [0.15, 0.2) is 376 Å². The molecule has 7 heterocycles. The van der Waals surface area contributed by atoms with E-state index in [-0.39, 0.29) is 0 Å². The normalized spacial score (nSPS) is 11.8. The van der Waals surface area contributed by atoms with Gasteiger partial charge in [0.05, 0.1) is 89.6 Å². The van der Waals surface area contributed by atoms with Crippen LogP contribution >= 0.6 is 0 Å². The Bertz CT molecular complexity index is 7400. The zero-order valence-electron chi connectivity index (χ0n) is 58.9. The first-order valence-electron chi connectivity index (χ1n) is 37.0. The van der Waals surface area contributed by atoms with Crippen molar-refractivity contribution in [3.8, 4) is 102 Å². The van der Waals surface area contributed by atoms with Crippen LogP contribution in [0, 0.1) is 11.3 Å². The first-order valence-corrected chi connectivity index (χ1v) is 37.0. The molecule has 0 spiro atoms. The zero-order valence-corrected chi connectivity index (χ0v) is 58.9. The number of aromatic nitrogens is 7. The maximum Gasteiger partial charge on any atom is 0.0991 e. The quantitative estimate of drug-likeness (QED) is 0.129. The summed E-state index contributed by atoms with van der Waals surface area (Å²) in [6, 6.07) is 136. The number of pyridine rings is 2. The molecule has 0 unspecified atom stereocenters. The molecule has 0 saturated heterocycles. The highest BCUT2D eigenvalue weighted by Crippen LogP contribution is 2.47. The molecular formula is C101H62N8. The number of benzene rings is 15. The molecular weight excluding hydrogens is 1330 g/mol. The fourth-order valence-electron chi connectivity index (χ4n) is 17.5. The van der Waals surface area contributed by atoms with Gasteiger partial charge in [0.1, 0.15) is 0 Å². The molecule has 8 nitrogen and oxygen atoms in total. The van der Waals surface area contributed by atoms with E-state index < -0.39 is 0 Å². The second kappa shape index (κ2) is 24.6. The Balaban J connectivity index is 0.685. The van der Waals surface area contributed by atoms with Crippen LogP contribution in [0.2, 0.25) is 0 Å². The Morgan fingerprint density at radius 2 is 0.541 bits per heavy atom. The summed E-state index contributed by atoms with van der Waals surface area (Å²) in [4.78, 5) is 11.0. The van der Waals surface area contributed by atoms with Gasteiger partial charge in [-0.15, -0.1) is 0 Å². The molecule has 7 aromatic heterocycles. The summed E-state index contributed by atoms with van der Waals surface area (Å²) in [6.45, 7) is 0. The van der Waals surface area contributed by atoms with Gasteiger partial charge in [0.15, 0.2) is 0 Å².